The Morgan fingerprint density at radius 1 is 1.10 bits per heavy atom. The summed E-state index contributed by atoms with van der Waals surface area (Å²) in [6.07, 6.45) is 0. The van der Waals surface area contributed by atoms with E-state index in [1.807, 2.05) is 0 Å². The largest absolute Gasteiger partial charge is 0.252 e. The first-order valence-electron chi connectivity index (χ1n) is 5.27. The molecule has 0 amide bonds. The highest BCUT2D eigenvalue weighted by molar-refractivity contribution is 6.32. The molecule has 0 aliphatic heterocycles. The first-order valence-corrected chi connectivity index (χ1v) is 3.03. The van der Waals surface area contributed by atoms with E-state index in [-0.39, 0.29) is 0 Å². The van der Waals surface area contributed by atoms with Crippen molar-refractivity contribution in [1.82, 2.24) is 9.97 Å². The van der Waals surface area contributed by atoms with Gasteiger partial charge in [0, 0.05) is 8.22 Å². The molecule has 0 unspecified atom stereocenters. The molecule has 1 aromatic rings. The van der Waals surface area contributed by atoms with Crippen LogP contribution in [0.4, 0.5) is 0 Å². The van der Waals surface area contributed by atoms with Crippen LogP contribution in [0.3, 0.4) is 0 Å². The first kappa shape index (κ1) is 2.95. The molecule has 0 radical (unpaired) electrons. The maximum atomic E-state index is 7.10. The minimum atomic E-state index is -2.63. The average Bonchev–Trinajstić information content (AvgIpc) is 1.97. The van der Waals surface area contributed by atoms with E-state index in [0.717, 1.165) is 0 Å². The standard InChI is InChI=1S/C6H6Cl2N2/c1-3-5(7)10-6(8)4(2)9-3/h1-2H3/i1D3,2D3. The number of nitrogens with zero attached hydrogens (tertiary/aromatic N) is 2. The van der Waals surface area contributed by atoms with Gasteiger partial charge in [0.15, 0.2) is 10.3 Å². The molecule has 54 valence electrons. The molecule has 0 aliphatic rings. The van der Waals surface area contributed by atoms with E-state index < -0.39 is 35.4 Å². The molecule has 0 spiro atoms. The molecule has 10 heavy (non-hydrogen) atoms. The highest BCUT2D eigenvalue weighted by Crippen LogP contribution is 2.15. The minimum Gasteiger partial charge on any atom is -0.252 e. The number of rotatable bonds is 0. The van der Waals surface area contributed by atoms with Crippen molar-refractivity contribution in [3.8, 4) is 0 Å². The van der Waals surface area contributed by atoms with Gasteiger partial charge in [0.25, 0.3) is 0 Å². The lowest BCUT2D eigenvalue weighted by molar-refractivity contribution is 1.06. The van der Waals surface area contributed by atoms with Crippen molar-refractivity contribution < 1.29 is 8.22 Å². The van der Waals surface area contributed by atoms with Gasteiger partial charge in [-0.05, 0) is 13.7 Å². The topological polar surface area (TPSA) is 25.8 Å². The monoisotopic (exact) mass is 182 g/mol. The maximum absolute atomic E-state index is 7.10. The Morgan fingerprint density at radius 2 is 1.60 bits per heavy atom. The van der Waals surface area contributed by atoms with Crippen LogP contribution in [-0.2, 0) is 0 Å². The van der Waals surface area contributed by atoms with Crippen LogP contribution in [0.1, 0.15) is 19.6 Å². The molecule has 0 fully saturated rings. The van der Waals surface area contributed by atoms with Crippen molar-refractivity contribution in [3.63, 3.8) is 0 Å². The van der Waals surface area contributed by atoms with Crippen LogP contribution in [0.25, 0.3) is 0 Å². The van der Waals surface area contributed by atoms with Crippen LogP contribution >= 0.6 is 23.2 Å². The van der Waals surface area contributed by atoms with E-state index in [2.05, 4.69) is 9.97 Å². The Morgan fingerprint density at radius 3 is 2.00 bits per heavy atom. The summed E-state index contributed by atoms with van der Waals surface area (Å²) in [5.74, 6) is 0. The fourth-order valence-corrected chi connectivity index (χ4v) is 0.693. The molecule has 0 aromatic carbocycles. The number of halogens is 2. The molecule has 0 saturated carbocycles. The molecule has 0 bridgehead atoms. The molecule has 1 rings (SSSR count). The van der Waals surface area contributed by atoms with Gasteiger partial charge in [-0.3, -0.25) is 4.98 Å². The van der Waals surface area contributed by atoms with Crippen molar-refractivity contribution in [2.45, 2.75) is 13.7 Å². The summed E-state index contributed by atoms with van der Waals surface area (Å²) in [5.41, 5.74) is -1.13. The lowest BCUT2D eigenvalue weighted by Crippen LogP contribution is -1.91. The lowest BCUT2D eigenvalue weighted by atomic mass is 10.4. The van der Waals surface area contributed by atoms with Gasteiger partial charge in [-0.15, -0.1) is 0 Å². The van der Waals surface area contributed by atoms with Crippen LogP contribution in [-0.4, -0.2) is 9.97 Å². The summed E-state index contributed by atoms with van der Waals surface area (Å²) < 4.78 is 42.6. The Balaban J connectivity index is 3.45. The van der Waals surface area contributed by atoms with Crippen molar-refractivity contribution in [2.75, 3.05) is 0 Å². The third-order valence-electron chi connectivity index (χ3n) is 0.811. The van der Waals surface area contributed by atoms with Crippen LogP contribution in [0.15, 0.2) is 0 Å². The SMILES string of the molecule is [2H]C([2H])([2H])c1nc(C([2H])([2H])[2H])c(Cl)nc1Cl. The first-order chi connectivity index (χ1) is 7.03. The zero-order chi connectivity index (χ0) is 12.7. The fourth-order valence-electron chi connectivity index (χ4n) is 0.396. The molecule has 0 atom stereocenters. The number of aryl methyl sites for hydroxylation is 2. The minimum absolute atomic E-state index is 0.419. The van der Waals surface area contributed by atoms with Gasteiger partial charge in [0.05, 0.1) is 11.4 Å². The second-order valence-corrected chi connectivity index (χ2v) is 2.22. The van der Waals surface area contributed by atoms with Crippen molar-refractivity contribution >= 4 is 23.2 Å². The van der Waals surface area contributed by atoms with E-state index in [4.69, 9.17) is 31.4 Å². The Bertz CT molecular complexity index is 377. The Hall–Kier alpha value is -0.340. The van der Waals surface area contributed by atoms with E-state index >= 15 is 0 Å². The zero-order valence-electron chi connectivity index (χ0n) is 10.7. The smallest absolute Gasteiger partial charge is 0.152 e. The van der Waals surface area contributed by atoms with E-state index in [1.165, 1.54) is 0 Å². The van der Waals surface area contributed by atoms with Gasteiger partial charge in [-0.1, -0.05) is 23.2 Å². The fraction of sp³-hybridized carbons (Fsp3) is 0.333. The summed E-state index contributed by atoms with van der Waals surface area (Å²) in [7, 11) is 0. The number of hydrogen-bond acceptors (Lipinski definition) is 2. The predicted octanol–water partition coefficient (Wildman–Crippen LogP) is 2.40. The van der Waals surface area contributed by atoms with E-state index in [1.54, 1.807) is 0 Å². The number of aromatic nitrogens is 2. The molecule has 0 aliphatic carbocycles. The van der Waals surface area contributed by atoms with Crippen LogP contribution in [0.5, 0.6) is 0 Å². The summed E-state index contributed by atoms with van der Waals surface area (Å²) in [5, 5.41) is -0.837. The van der Waals surface area contributed by atoms with Crippen molar-refractivity contribution in [3.05, 3.63) is 21.7 Å². The van der Waals surface area contributed by atoms with Crippen LogP contribution < -0.4 is 0 Å². The molecule has 1 heterocycles. The second kappa shape index (κ2) is 2.72. The number of hydrogen-bond donors (Lipinski definition) is 0. The molecule has 0 N–H and O–H groups in total. The molecule has 4 heteroatoms. The van der Waals surface area contributed by atoms with Crippen LogP contribution in [0.2, 0.25) is 10.3 Å². The van der Waals surface area contributed by atoms with Crippen LogP contribution in [0, 0.1) is 13.7 Å². The van der Waals surface area contributed by atoms with E-state index in [9.17, 15) is 0 Å². The molecule has 2 nitrogen and oxygen atoms in total. The molecular weight excluding hydrogens is 171 g/mol. The van der Waals surface area contributed by atoms with Gasteiger partial charge in [0.1, 0.15) is 0 Å². The van der Waals surface area contributed by atoms with Gasteiger partial charge < -0.3 is 0 Å². The normalized spacial score (nSPS) is 21.4. The maximum Gasteiger partial charge on any atom is 0.152 e. The van der Waals surface area contributed by atoms with Crippen molar-refractivity contribution in [2.24, 2.45) is 0 Å². The van der Waals surface area contributed by atoms with Crippen molar-refractivity contribution in [1.29, 1.82) is 0 Å². The third kappa shape index (κ3) is 1.39. The van der Waals surface area contributed by atoms with Gasteiger partial charge in [-0.2, -0.15) is 0 Å². The summed E-state index contributed by atoms with van der Waals surface area (Å²) >= 11 is 11.1. The highest BCUT2D eigenvalue weighted by Gasteiger charge is 2.02. The predicted molar refractivity (Wildman–Crippen MR) is 41.5 cm³/mol. The quantitative estimate of drug-likeness (QED) is 0.617. The van der Waals surface area contributed by atoms with Gasteiger partial charge in [-0.25, -0.2) is 4.98 Å². The molecule has 1 aromatic heterocycles. The molecule has 0 saturated heterocycles. The summed E-state index contributed by atoms with van der Waals surface area (Å²) in [6, 6.07) is 0. The highest BCUT2D eigenvalue weighted by atomic mass is 35.5. The molecular formula is C6H6Cl2N2. The average molecular weight is 183 g/mol. The zero-order valence-corrected chi connectivity index (χ0v) is 6.16. The van der Waals surface area contributed by atoms with Gasteiger partial charge in [0.2, 0.25) is 0 Å². The summed E-state index contributed by atoms with van der Waals surface area (Å²) in [4.78, 5) is 6.92. The van der Waals surface area contributed by atoms with E-state index in [0.29, 0.717) is 0 Å². The lowest BCUT2D eigenvalue weighted by Gasteiger charge is -1.98. The third-order valence-corrected chi connectivity index (χ3v) is 1.34. The van der Waals surface area contributed by atoms with Gasteiger partial charge >= 0.3 is 0 Å². The summed E-state index contributed by atoms with van der Waals surface area (Å²) in [6.45, 7) is -5.26. The second-order valence-electron chi connectivity index (χ2n) is 1.50. The Labute approximate surface area is 77.6 Å². The Kier molecular flexibility index (Phi) is 0.804.